The molecule has 0 amide bonds. The zero-order valence-corrected chi connectivity index (χ0v) is 34.5. The minimum atomic E-state index is -6.13. The first-order valence-electron chi connectivity index (χ1n) is 18.1. The van der Waals surface area contributed by atoms with Gasteiger partial charge < -0.3 is 0 Å². The molecule has 69 heavy (non-hydrogen) atoms. The maximum atomic E-state index is 14.2. The van der Waals surface area contributed by atoms with Gasteiger partial charge in [-0.1, -0.05) is 48.5 Å². The fourth-order valence-corrected chi connectivity index (χ4v) is 7.34. The van der Waals surface area contributed by atoms with Crippen LogP contribution in [-0.2, 0) is 60.6 Å². The smallest absolute Gasteiger partial charge is 0.287 e. The highest BCUT2D eigenvalue weighted by Crippen LogP contribution is 2.41. The third-order valence-electron chi connectivity index (χ3n) is 9.69. The Balaban J connectivity index is 0.000000750. The molecule has 0 radical (unpaired) electrons. The molecule has 0 heterocycles. The number of hydrogen-bond acceptors (Lipinski definition) is 2. The van der Waals surface area contributed by atoms with Gasteiger partial charge in [-0.2, -0.15) is 132 Å². The van der Waals surface area contributed by atoms with Gasteiger partial charge in [-0.25, -0.2) is 0 Å². The minimum absolute atomic E-state index is 0.0580. The summed E-state index contributed by atoms with van der Waals surface area (Å²) in [6.07, 6.45) is -50.8. The lowest BCUT2D eigenvalue weighted by Crippen LogP contribution is -2.75. The summed E-state index contributed by atoms with van der Waals surface area (Å²) in [4.78, 5) is 0. The van der Waals surface area contributed by atoms with Crippen LogP contribution in [0.5, 0.6) is 5.75 Å². The van der Waals surface area contributed by atoms with Crippen LogP contribution in [0.15, 0.2) is 97.1 Å². The number of hydrogen-bond donors (Lipinski definition) is 0. The fraction of sp³-hybridized carbons (Fsp3) is 0.244. The molecule has 5 aromatic carbocycles. The average molecular weight is 1040 g/mol. The first-order chi connectivity index (χ1) is 31.0. The summed E-state index contributed by atoms with van der Waals surface area (Å²) in [7, 11) is 0. The molecule has 0 saturated heterocycles. The summed E-state index contributed by atoms with van der Waals surface area (Å²) in [5, 5.41) is 8.52. The van der Waals surface area contributed by atoms with E-state index >= 15 is 0 Å². The quantitative estimate of drug-likeness (QED) is 0.0965. The van der Waals surface area contributed by atoms with Crippen molar-refractivity contribution in [3.05, 3.63) is 147 Å². The molecule has 0 atom stereocenters. The number of halogens is 24. The first kappa shape index (κ1) is 55.7. The largest absolute Gasteiger partial charge is 0.416 e. The van der Waals surface area contributed by atoms with Crippen molar-refractivity contribution in [1.29, 1.82) is 5.26 Å². The van der Waals surface area contributed by atoms with Crippen molar-refractivity contribution in [3.8, 4) is 11.8 Å². The van der Waals surface area contributed by atoms with Gasteiger partial charge in [-0.05, 0) is 48.5 Å². The zero-order chi connectivity index (χ0) is 52.9. The Hall–Kier alpha value is -5.88. The lowest BCUT2D eigenvalue weighted by molar-refractivity contribution is -0.144. The molecule has 0 aliphatic heterocycles. The molecule has 0 unspecified atom stereocenters. The van der Waals surface area contributed by atoms with Gasteiger partial charge >= 0.3 is 49.4 Å². The third-order valence-corrected chi connectivity index (χ3v) is 10.2. The second-order valence-corrected chi connectivity index (χ2v) is 16.3. The molecular weight excluding hydrogens is 1020 g/mol. The molecular formula is C41H22BF24NOS. The first-order valence-corrected chi connectivity index (χ1v) is 20.1. The molecule has 0 saturated carbocycles. The zero-order valence-electron chi connectivity index (χ0n) is 33.6. The molecule has 0 bridgehead atoms. The van der Waals surface area contributed by atoms with Crippen LogP contribution < -0.4 is 26.0 Å². The van der Waals surface area contributed by atoms with Gasteiger partial charge in [0.1, 0.15) is 18.7 Å². The van der Waals surface area contributed by atoms with E-state index in [0.717, 1.165) is 5.75 Å². The van der Waals surface area contributed by atoms with Gasteiger partial charge in [0.25, 0.3) is 0 Å². The van der Waals surface area contributed by atoms with Crippen molar-refractivity contribution in [1.82, 2.24) is 0 Å². The summed E-state index contributed by atoms with van der Waals surface area (Å²) in [6.45, 7) is 0. The monoisotopic (exact) mass is 1040 g/mol. The van der Waals surface area contributed by atoms with Crippen molar-refractivity contribution >= 4 is 39.2 Å². The van der Waals surface area contributed by atoms with E-state index in [9.17, 15) is 105 Å². The molecule has 374 valence electrons. The van der Waals surface area contributed by atoms with Gasteiger partial charge in [-0.3, -0.25) is 4.18 Å². The fourth-order valence-electron chi connectivity index (χ4n) is 6.85. The highest BCUT2D eigenvalue weighted by atomic mass is 32.2. The van der Waals surface area contributed by atoms with E-state index in [0.29, 0.717) is 5.56 Å². The summed E-state index contributed by atoms with van der Waals surface area (Å²) >= 11 is -0.0580. The van der Waals surface area contributed by atoms with E-state index in [1.54, 1.807) is 12.1 Å². The normalized spacial score (nSPS) is 13.5. The lowest BCUT2D eigenvalue weighted by atomic mass is 9.12. The van der Waals surface area contributed by atoms with E-state index in [2.05, 4.69) is 6.07 Å². The van der Waals surface area contributed by atoms with Gasteiger partial charge in [0.15, 0.2) is 16.9 Å². The maximum Gasteiger partial charge on any atom is 0.416 e. The van der Waals surface area contributed by atoms with Crippen LogP contribution in [0.3, 0.4) is 0 Å². The third kappa shape index (κ3) is 13.3. The predicted molar refractivity (Wildman–Crippen MR) is 201 cm³/mol. The van der Waals surface area contributed by atoms with Crippen LogP contribution >= 0.6 is 0 Å². The van der Waals surface area contributed by atoms with E-state index < -0.39 is 195 Å². The number of nitrogens with zero attached hydrogens (tertiary/aromatic N) is 1. The van der Waals surface area contributed by atoms with Gasteiger partial charge in [0.2, 0.25) is 0 Å². The summed E-state index contributed by atoms with van der Waals surface area (Å²) < 4.78 is 346. The standard InChI is InChI=1S/C32H12BF24.C9H10NOS/c34-25(35,36)13-1-14(26(37,38)39)6-21(5-13)33(22-7-15(27(40,41)42)2-16(8-22)28(43,44)45,23-9-17(29(46,47)48)3-18(10-23)30(49,50)51)24-11-19(31(52,53)54)4-20(12-24)32(55,56)57;1-12(2)11-9-5-3-8(7-10)4-6-9/h1-12H;3-6H,1-2H3/q-1;+1. The molecule has 5 rings (SSSR count). The Labute approximate surface area is 374 Å². The predicted octanol–water partition coefficient (Wildman–Crippen LogP) is 12.9. The number of benzene rings is 5. The second kappa shape index (κ2) is 18.8. The summed E-state index contributed by atoms with van der Waals surface area (Å²) in [5.74, 6) is 0.822. The molecule has 0 fully saturated rings. The van der Waals surface area contributed by atoms with Crippen LogP contribution in [-0.4, -0.2) is 18.7 Å². The van der Waals surface area contributed by atoms with E-state index in [1.807, 2.05) is 24.6 Å². The average Bonchev–Trinajstić information content (AvgIpc) is 3.18. The maximum absolute atomic E-state index is 14.2. The second-order valence-electron chi connectivity index (χ2n) is 14.7. The van der Waals surface area contributed by atoms with Gasteiger partial charge in [-0.15, -0.1) is 0 Å². The van der Waals surface area contributed by atoms with Crippen molar-refractivity contribution < 1.29 is 110 Å². The molecule has 28 heteroatoms. The Morgan fingerprint density at radius 1 is 0.348 bits per heavy atom. The van der Waals surface area contributed by atoms with E-state index in [1.165, 1.54) is 0 Å². The molecule has 0 spiro atoms. The summed E-state index contributed by atoms with van der Waals surface area (Å²) in [6, 6.07) is 0.370. The van der Waals surface area contributed by atoms with E-state index in [4.69, 9.17) is 9.44 Å². The highest BCUT2D eigenvalue weighted by molar-refractivity contribution is 7.91. The number of alkyl halides is 24. The van der Waals surface area contributed by atoms with Gasteiger partial charge in [0, 0.05) is 0 Å². The lowest BCUT2D eigenvalue weighted by Gasteiger charge is -2.46. The molecule has 0 aliphatic carbocycles. The molecule has 5 aromatic rings. The van der Waals surface area contributed by atoms with E-state index in [-0.39, 0.29) is 11.2 Å². The minimum Gasteiger partial charge on any atom is -0.287 e. The van der Waals surface area contributed by atoms with Gasteiger partial charge in [0.05, 0.1) is 56.1 Å². The molecule has 0 aliphatic rings. The van der Waals surface area contributed by atoms with Crippen LogP contribution in [0.4, 0.5) is 105 Å². The van der Waals surface area contributed by atoms with Crippen molar-refractivity contribution in [2.24, 2.45) is 0 Å². The Morgan fingerprint density at radius 2 is 0.536 bits per heavy atom. The Bertz CT molecular complexity index is 2240. The van der Waals surface area contributed by atoms with Crippen molar-refractivity contribution in [2.75, 3.05) is 12.5 Å². The molecule has 0 N–H and O–H groups in total. The van der Waals surface area contributed by atoms with Crippen LogP contribution in [0, 0.1) is 11.3 Å². The van der Waals surface area contributed by atoms with Crippen LogP contribution in [0.2, 0.25) is 0 Å². The van der Waals surface area contributed by atoms with Crippen molar-refractivity contribution in [3.63, 3.8) is 0 Å². The number of nitriles is 1. The molecule has 2 nitrogen and oxygen atoms in total. The Morgan fingerprint density at radius 3 is 0.681 bits per heavy atom. The van der Waals surface area contributed by atoms with Crippen LogP contribution in [0.25, 0.3) is 0 Å². The molecule has 0 aromatic heterocycles. The highest BCUT2D eigenvalue weighted by Gasteiger charge is 2.47. The SMILES string of the molecule is C[S+](C)Oc1ccc(C#N)cc1.FC(F)(F)c1cc([B-](c2cc(C(F)(F)F)cc(C(F)(F)F)c2)(c2cc(C(F)(F)F)cc(C(F)(F)F)c2)c2cc(C(F)(F)F)cc(C(F)(F)F)c2)cc(C(F)(F)F)c1. The Kier molecular flexibility index (Phi) is 15.2. The van der Waals surface area contributed by atoms with Crippen molar-refractivity contribution in [2.45, 2.75) is 49.4 Å². The van der Waals surface area contributed by atoms with Crippen LogP contribution in [0.1, 0.15) is 50.1 Å². The number of rotatable bonds is 6. The summed E-state index contributed by atoms with van der Waals surface area (Å²) in [5.41, 5.74) is -29.5. The topological polar surface area (TPSA) is 33.0 Å².